The van der Waals surface area contributed by atoms with E-state index in [1.165, 1.54) is 25.7 Å². The maximum atomic E-state index is 12.0. The van der Waals surface area contributed by atoms with E-state index < -0.39 is 0 Å². The number of aryl methyl sites for hydroxylation is 1. The molecule has 1 aliphatic carbocycles. The minimum atomic E-state index is -0.0656. The van der Waals surface area contributed by atoms with Crippen LogP contribution in [0.4, 0.5) is 5.82 Å². The molecule has 0 bridgehead atoms. The molecule has 1 heterocycles. The molecule has 1 amide bonds. The van der Waals surface area contributed by atoms with Crippen LogP contribution in [0, 0.1) is 12.8 Å². The van der Waals surface area contributed by atoms with Gasteiger partial charge < -0.3 is 16.0 Å². The van der Waals surface area contributed by atoms with E-state index >= 15 is 0 Å². The number of carbonyl (C=O) groups excluding carboxylic acids is 1. The molecular weight excluding hydrogens is 314 g/mol. The molecule has 1 fully saturated rings. The Morgan fingerprint density at radius 2 is 2.04 bits per heavy atom. The number of rotatable bonds is 6. The van der Waals surface area contributed by atoms with Gasteiger partial charge in [0.2, 0.25) is 5.91 Å². The number of hydrogen-bond donors (Lipinski definition) is 3. The van der Waals surface area contributed by atoms with Gasteiger partial charge in [-0.2, -0.15) is 0 Å². The Morgan fingerprint density at radius 1 is 1.28 bits per heavy atom. The number of amides is 1. The lowest BCUT2D eigenvalue weighted by Crippen LogP contribution is -2.44. The van der Waals surface area contributed by atoms with E-state index in [2.05, 4.69) is 39.8 Å². The van der Waals surface area contributed by atoms with Gasteiger partial charge in [-0.3, -0.25) is 9.79 Å². The van der Waals surface area contributed by atoms with Gasteiger partial charge in [-0.25, -0.2) is 4.98 Å². The summed E-state index contributed by atoms with van der Waals surface area (Å²) in [7, 11) is 0. The van der Waals surface area contributed by atoms with E-state index in [0.29, 0.717) is 24.8 Å². The van der Waals surface area contributed by atoms with Gasteiger partial charge in [-0.1, -0.05) is 13.0 Å². The van der Waals surface area contributed by atoms with Crippen molar-refractivity contribution < 1.29 is 4.79 Å². The largest absolute Gasteiger partial charge is 0.357 e. The number of guanidine groups is 1. The van der Waals surface area contributed by atoms with Gasteiger partial charge in [0, 0.05) is 24.7 Å². The molecule has 1 aliphatic rings. The topological polar surface area (TPSA) is 78.4 Å². The monoisotopic (exact) mass is 345 g/mol. The van der Waals surface area contributed by atoms with Crippen molar-refractivity contribution >= 4 is 17.7 Å². The number of anilines is 1. The van der Waals surface area contributed by atoms with Gasteiger partial charge in [0.05, 0.1) is 6.54 Å². The zero-order valence-electron chi connectivity index (χ0n) is 15.6. The van der Waals surface area contributed by atoms with Crippen molar-refractivity contribution in [2.24, 2.45) is 10.9 Å². The Morgan fingerprint density at radius 3 is 2.72 bits per heavy atom. The van der Waals surface area contributed by atoms with E-state index in [1.807, 2.05) is 19.1 Å². The second-order valence-electron chi connectivity index (χ2n) is 6.82. The molecule has 138 valence electrons. The Kier molecular flexibility index (Phi) is 7.70. The SMILES string of the molecule is CCNC(=NCCC(=O)Nc1cccc(C)n1)NC1CCC(C)CC1. The van der Waals surface area contributed by atoms with Crippen LogP contribution < -0.4 is 16.0 Å². The highest BCUT2D eigenvalue weighted by Gasteiger charge is 2.18. The average molecular weight is 345 g/mol. The molecule has 6 nitrogen and oxygen atoms in total. The summed E-state index contributed by atoms with van der Waals surface area (Å²) < 4.78 is 0. The Balaban J connectivity index is 1.78. The molecular formula is C19H31N5O. The highest BCUT2D eigenvalue weighted by molar-refractivity contribution is 5.90. The quantitative estimate of drug-likeness (QED) is 0.547. The van der Waals surface area contributed by atoms with Crippen LogP contribution in [-0.4, -0.2) is 36.0 Å². The normalized spacial score (nSPS) is 20.8. The lowest BCUT2D eigenvalue weighted by molar-refractivity contribution is -0.116. The van der Waals surface area contributed by atoms with E-state index in [0.717, 1.165) is 24.1 Å². The summed E-state index contributed by atoms with van der Waals surface area (Å²) in [6, 6.07) is 6.07. The van der Waals surface area contributed by atoms with Crippen molar-refractivity contribution in [1.82, 2.24) is 15.6 Å². The van der Waals surface area contributed by atoms with Crippen molar-refractivity contribution in [3.63, 3.8) is 0 Å². The Labute approximate surface area is 150 Å². The third-order valence-corrected chi connectivity index (χ3v) is 4.47. The zero-order chi connectivity index (χ0) is 18.1. The van der Waals surface area contributed by atoms with Gasteiger partial charge in [-0.05, 0) is 57.6 Å². The Bertz CT molecular complexity index is 579. The van der Waals surface area contributed by atoms with Crippen LogP contribution in [-0.2, 0) is 4.79 Å². The molecule has 6 heteroatoms. The van der Waals surface area contributed by atoms with Crippen LogP contribution in [0.25, 0.3) is 0 Å². The Hall–Kier alpha value is -2.11. The highest BCUT2D eigenvalue weighted by Crippen LogP contribution is 2.23. The summed E-state index contributed by atoms with van der Waals surface area (Å²) in [6.07, 6.45) is 5.25. The minimum absolute atomic E-state index is 0.0656. The predicted molar refractivity (Wildman–Crippen MR) is 103 cm³/mol. The van der Waals surface area contributed by atoms with Crippen LogP contribution in [0.2, 0.25) is 0 Å². The van der Waals surface area contributed by atoms with E-state index in [1.54, 1.807) is 6.07 Å². The third-order valence-electron chi connectivity index (χ3n) is 4.47. The molecule has 0 atom stereocenters. The van der Waals surface area contributed by atoms with Gasteiger partial charge >= 0.3 is 0 Å². The first-order valence-corrected chi connectivity index (χ1v) is 9.35. The number of aliphatic imine (C=N–C) groups is 1. The molecule has 3 N–H and O–H groups in total. The van der Waals surface area contributed by atoms with Crippen molar-refractivity contribution in [2.75, 3.05) is 18.4 Å². The third kappa shape index (κ3) is 7.11. The fourth-order valence-electron chi connectivity index (χ4n) is 3.01. The maximum Gasteiger partial charge on any atom is 0.227 e. The number of nitrogens with zero attached hydrogens (tertiary/aromatic N) is 2. The first-order valence-electron chi connectivity index (χ1n) is 9.35. The molecule has 0 radical (unpaired) electrons. The van der Waals surface area contributed by atoms with Crippen molar-refractivity contribution in [3.05, 3.63) is 23.9 Å². The molecule has 0 unspecified atom stereocenters. The highest BCUT2D eigenvalue weighted by atomic mass is 16.1. The van der Waals surface area contributed by atoms with Crippen molar-refractivity contribution in [1.29, 1.82) is 0 Å². The molecule has 1 aromatic heterocycles. The average Bonchev–Trinajstić information content (AvgIpc) is 2.57. The van der Waals surface area contributed by atoms with Gasteiger partial charge in [0.15, 0.2) is 5.96 Å². The predicted octanol–water partition coefficient (Wildman–Crippen LogP) is 2.85. The van der Waals surface area contributed by atoms with Crippen LogP contribution in [0.1, 0.15) is 51.6 Å². The van der Waals surface area contributed by atoms with Gasteiger partial charge in [0.1, 0.15) is 5.82 Å². The van der Waals surface area contributed by atoms with E-state index in [-0.39, 0.29) is 5.91 Å². The lowest BCUT2D eigenvalue weighted by atomic mass is 9.87. The minimum Gasteiger partial charge on any atom is -0.357 e. The molecule has 0 aliphatic heterocycles. The zero-order valence-corrected chi connectivity index (χ0v) is 15.6. The molecule has 25 heavy (non-hydrogen) atoms. The number of nitrogens with one attached hydrogen (secondary N) is 3. The number of hydrogen-bond acceptors (Lipinski definition) is 3. The standard InChI is InChI=1S/C19H31N5O/c1-4-20-19(23-16-10-8-14(2)9-11-16)21-13-12-18(25)24-17-7-5-6-15(3)22-17/h5-7,14,16H,4,8-13H2,1-3H3,(H2,20,21,23)(H,22,24,25). The molecule has 0 aromatic carbocycles. The van der Waals surface area contributed by atoms with E-state index in [9.17, 15) is 4.79 Å². The summed E-state index contributed by atoms with van der Waals surface area (Å²) >= 11 is 0. The molecule has 1 saturated carbocycles. The first-order chi connectivity index (χ1) is 12.1. The van der Waals surface area contributed by atoms with Crippen LogP contribution >= 0.6 is 0 Å². The second kappa shape index (κ2) is 10.0. The van der Waals surface area contributed by atoms with Gasteiger partial charge in [-0.15, -0.1) is 0 Å². The molecule has 1 aromatic rings. The summed E-state index contributed by atoms with van der Waals surface area (Å²) in [5.41, 5.74) is 0.885. The molecule has 0 spiro atoms. The molecule has 2 rings (SSSR count). The fourth-order valence-corrected chi connectivity index (χ4v) is 3.01. The smallest absolute Gasteiger partial charge is 0.227 e. The van der Waals surface area contributed by atoms with Crippen molar-refractivity contribution in [3.8, 4) is 0 Å². The summed E-state index contributed by atoms with van der Waals surface area (Å²) in [5.74, 6) is 2.17. The maximum absolute atomic E-state index is 12.0. The number of carbonyl (C=O) groups is 1. The summed E-state index contributed by atoms with van der Waals surface area (Å²) in [5, 5.41) is 9.58. The summed E-state index contributed by atoms with van der Waals surface area (Å²) in [6.45, 7) is 7.54. The van der Waals surface area contributed by atoms with Crippen molar-refractivity contribution in [2.45, 2.75) is 58.9 Å². The molecule has 0 saturated heterocycles. The number of pyridine rings is 1. The van der Waals surface area contributed by atoms with E-state index in [4.69, 9.17) is 0 Å². The number of aromatic nitrogens is 1. The van der Waals surface area contributed by atoms with Crippen LogP contribution in [0.3, 0.4) is 0 Å². The summed E-state index contributed by atoms with van der Waals surface area (Å²) in [4.78, 5) is 20.8. The second-order valence-corrected chi connectivity index (χ2v) is 6.82. The first kappa shape index (κ1) is 19.2. The van der Waals surface area contributed by atoms with Crippen LogP contribution in [0.15, 0.2) is 23.2 Å². The van der Waals surface area contributed by atoms with Gasteiger partial charge in [0.25, 0.3) is 0 Å². The fraction of sp³-hybridized carbons (Fsp3) is 0.632. The lowest BCUT2D eigenvalue weighted by Gasteiger charge is -2.28. The van der Waals surface area contributed by atoms with Crippen LogP contribution in [0.5, 0.6) is 0 Å².